The first-order chi connectivity index (χ1) is 37.0. The van der Waals surface area contributed by atoms with Gasteiger partial charge in [0, 0.05) is 26.5 Å². The van der Waals surface area contributed by atoms with E-state index in [0.717, 1.165) is 0 Å². The maximum Gasteiger partial charge on any atom is 0.329 e. The van der Waals surface area contributed by atoms with E-state index >= 15 is 0 Å². The summed E-state index contributed by atoms with van der Waals surface area (Å²) in [5.41, 5.74) is 6.59. The third kappa shape index (κ3) is 45.2. The number of amides is 6. The number of hydrogen-bond donors (Lipinski definition) is 8. The lowest BCUT2D eigenvalue weighted by Gasteiger charge is -2.19. The van der Waals surface area contributed by atoms with Crippen molar-refractivity contribution in [3.05, 3.63) is 35.9 Å². The van der Waals surface area contributed by atoms with Crippen molar-refractivity contribution in [2.75, 3.05) is 199 Å². The van der Waals surface area contributed by atoms with E-state index < -0.39 is 73.8 Å². The molecule has 0 saturated carbocycles. The number of rotatable bonds is 54. The summed E-state index contributed by atoms with van der Waals surface area (Å²) in [6.45, 7) is 8.00. The van der Waals surface area contributed by atoms with Gasteiger partial charge in [-0.1, -0.05) is 30.3 Å². The summed E-state index contributed by atoms with van der Waals surface area (Å²) in [6.07, 6.45) is 0.00518. The molecule has 436 valence electrons. The van der Waals surface area contributed by atoms with Gasteiger partial charge in [0.1, 0.15) is 19.4 Å². The molecule has 0 bridgehead atoms. The van der Waals surface area contributed by atoms with Crippen LogP contribution >= 0.6 is 0 Å². The van der Waals surface area contributed by atoms with Crippen molar-refractivity contribution >= 4 is 41.4 Å². The monoisotopic (exact) mass is 1090 g/mol. The molecule has 28 nitrogen and oxygen atoms in total. The smallest absolute Gasteiger partial charge is 0.329 e. The Hall–Kier alpha value is -5.05. The molecule has 6 amide bonds. The Morgan fingerprint density at radius 3 is 1.29 bits per heavy atom. The molecule has 2 atom stereocenters. The molecule has 0 aromatic heterocycles. The van der Waals surface area contributed by atoms with Gasteiger partial charge in [-0.2, -0.15) is 0 Å². The number of carboxylic acids is 1. The Morgan fingerprint density at radius 1 is 0.461 bits per heavy atom. The second-order valence-electron chi connectivity index (χ2n) is 15.7. The zero-order valence-electron chi connectivity index (χ0n) is 43.9. The molecule has 1 aromatic rings. The van der Waals surface area contributed by atoms with E-state index in [1.165, 1.54) is 0 Å². The normalized spacial score (nSPS) is 11.9. The highest BCUT2D eigenvalue weighted by Gasteiger charge is 2.23. The highest BCUT2D eigenvalue weighted by molar-refractivity contribution is 5.93. The Balaban J connectivity index is 1.94. The van der Waals surface area contributed by atoms with E-state index in [-0.39, 0.29) is 45.1 Å². The molecule has 76 heavy (non-hydrogen) atoms. The molecule has 1 aromatic carbocycles. The van der Waals surface area contributed by atoms with Crippen LogP contribution in [0.1, 0.15) is 18.4 Å². The fourth-order valence-corrected chi connectivity index (χ4v) is 5.68. The Morgan fingerprint density at radius 2 is 0.855 bits per heavy atom. The number of carbonyl (C=O) groups excluding carboxylic acids is 6. The molecule has 1 rings (SSSR count). The van der Waals surface area contributed by atoms with Gasteiger partial charge in [-0.3, -0.25) is 28.8 Å². The molecule has 0 saturated heterocycles. The van der Waals surface area contributed by atoms with Gasteiger partial charge in [-0.05, 0) is 12.0 Å². The summed E-state index contributed by atoms with van der Waals surface area (Å²) in [7, 11) is 1.63. The minimum Gasteiger partial charge on any atom is -0.480 e. The quantitative estimate of drug-likeness (QED) is 0.0230. The number of nitrogens with one attached hydrogen (secondary N) is 6. The predicted octanol–water partition coefficient (Wildman–Crippen LogP) is -3.71. The van der Waals surface area contributed by atoms with Gasteiger partial charge in [0.2, 0.25) is 35.4 Å². The van der Waals surface area contributed by atoms with Crippen LogP contribution in [-0.2, 0) is 102 Å². The van der Waals surface area contributed by atoms with Crippen molar-refractivity contribution < 1.29 is 100 Å². The second-order valence-corrected chi connectivity index (χ2v) is 15.7. The Labute approximate surface area is 444 Å². The van der Waals surface area contributed by atoms with Gasteiger partial charge in [0.15, 0.2) is 0 Å². The summed E-state index contributed by atoms with van der Waals surface area (Å²) in [5, 5.41) is 23.1. The van der Waals surface area contributed by atoms with Crippen LogP contribution in [0, 0.1) is 0 Å². The number of nitrogens with two attached hydrogens (primary N) is 1. The molecule has 0 aliphatic heterocycles. The number of methoxy groups -OCH3 is 1. The van der Waals surface area contributed by atoms with Crippen LogP contribution in [0.3, 0.4) is 0 Å². The molecule has 0 spiro atoms. The second kappa shape index (κ2) is 50.7. The van der Waals surface area contributed by atoms with Crippen molar-refractivity contribution in [2.45, 2.75) is 31.3 Å². The van der Waals surface area contributed by atoms with E-state index in [1.807, 2.05) is 0 Å². The maximum absolute atomic E-state index is 12.9. The third-order valence-electron chi connectivity index (χ3n) is 9.56. The van der Waals surface area contributed by atoms with E-state index in [9.17, 15) is 33.6 Å². The van der Waals surface area contributed by atoms with Crippen LogP contribution < -0.4 is 37.6 Å². The molecule has 28 heteroatoms. The summed E-state index contributed by atoms with van der Waals surface area (Å²) < 4.78 is 69.6. The topological polar surface area (TPSA) is 358 Å². The molecule has 0 unspecified atom stereocenters. The third-order valence-corrected chi connectivity index (χ3v) is 9.56. The average molecular weight is 1090 g/mol. The van der Waals surface area contributed by atoms with Crippen LogP contribution in [0.2, 0.25) is 0 Å². The van der Waals surface area contributed by atoms with Gasteiger partial charge >= 0.3 is 5.97 Å². The lowest BCUT2D eigenvalue weighted by molar-refractivity contribution is -0.143. The number of hydrogen-bond acceptors (Lipinski definition) is 21. The van der Waals surface area contributed by atoms with Gasteiger partial charge in [-0.15, -0.1) is 0 Å². The van der Waals surface area contributed by atoms with E-state index in [2.05, 4.69) is 31.9 Å². The number of ether oxygens (including phenoxy) is 13. The van der Waals surface area contributed by atoms with Gasteiger partial charge < -0.3 is 104 Å². The summed E-state index contributed by atoms with van der Waals surface area (Å²) in [4.78, 5) is 85.1. The largest absolute Gasteiger partial charge is 0.480 e. The minimum atomic E-state index is -1.22. The van der Waals surface area contributed by atoms with Gasteiger partial charge in [0.05, 0.1) is 178 Å². The Kier molecular flexibility index (Phi) is 46.1. The van der Waals surface area contributed by atoms with Crippen LogP contribution in [-0.4, -0.2) is 257 Å². The Bertz CT molecular complexity index is 1660. The molecule has 0 aliphatic carbocycles. The summed E-state index contributed by atoms with van der Waals surface area (Å²) in [5.74, 6) is -5.05. The highest BCUT2D eigenvalue weighted by Crippen LogP contribution is 2.04. The van der Waals surface area contributed by atoms with E-state index in [4.69, 9.17) is 72.4 Å². The zero-order chi connectivity index (χ0) is 55.4. The first-order valence-corrected chi connectivity index (χ1v) is 25.1. The van der Waals surface area contributed by atoms with Crippen LogP contribution in [0.4, 0.5) is 0 Å². The number of carbonyl (C=O) groups is 7. The lowest BCUT2D eigenvalue weighted by atomic mass is 10.1. The van der Waals surface area contributed by atoms with Crippen molar-refractivity contribution in [1.82, 2.24) is 31.9 Å². The zero-order valence-corrected chi connectivity index (χ0v) is 43.9. The molecular formula is C48H83N7O21. The van der Waals surface area contributed by atoms with Crippen LogP contribution in [0.15, 0.2) is 30.3 Å². The molecule has 9 N–H and O–H groups in total. The highest BCUT2D eigenvalue weighted by atomic mass is 16.6. The first kappa shape index (κ1) is 69.0. The fraction of sp³-hybridized carbons (Fsp3) is 0.729. The standard InChI is InChI=1S/C48H83N7O21/c1-64-11-12-66-15-16-68-19-20-70-23-24-72-27-28-74-31-32-75-30-29-73-26-25-71-22-21-69-18-17-67-14-13-65-10-9-50-42(56)8-7-40(49)47(62)52-34-43(57)51-36-45(59)55-41(33-39-5-3-2-4-6-39)48(63)53-35-44(58)54-38-76-37-46(60)61/h2-6,40-41H,7-38,49H2,1H3,(H,50,56)(H,51,57)(H,52,62)(H,53,63)(H,54,58)(H,55,59)(H,60,61)/t40-,41-/m0/s1. The van der Waals surface area contributed by atoms with Gasteiger partial charge in [0.25, 0.3) is 0 Å². The summed E-state index contributed by atoms with van der Waals surface area (Å²) >= 11 is 0. The number of carboxylic acid groups (broad SMARTS) is 1. The van der Waals surface area contributed by atoms with Crippen LogP contribution in [0.25, 0.3) is 0 Å². The molecule has 0 heterocycles. The fourth-order valence-electron chi connectivity index (χ4n) is 5.68. The number of benzene rings is 1. The van der Waals surface area contributed by atoms with Crippen molar-refractivity contribution in [3.63, 3.8) is 0 Å². The van der Waals surface area contributed by atoms with Crippen molar-refractivity contribution in [3.8, 4) is 0 Å². The van der Waals surface area contributed by atoms with Gasteiger partial charge in [-0.25, -0.2) is 4.79 Å². The predicted molar refractivity (Wildman–Crippen MR) is 269 cm³/mol. The molecule has 0 fully saturated rings. The first-order valence-electron chi connectivity index (χ1n) is 25.1. The van der Waals surface area contributed by atoms with E-state index in [0.29, 0.717) is 151 Å². The molecular weight excluding hydrogens is 1010 g/mol. The SMILES string of the molecule is COCCOCCOCCOCCOCCOCCOCCOCCOCCOCCOCCOCCNC(=O)CC[C@H](N)C(=O)NCC(=O)NCC(=O)N[C@@H](Cc1ccccc1)C(=O)NCC(=O)NCOCC(=O)O. The van der Waals surface area contributed by atoms with Crippen molar-refractivity contribution in [2.24, 2.45) is 5.73 Å². The minimum absolute atomic E-state index is 0.00118. The van der Waals surface area contributed by atoms with Crippen LogP contribution in [0.5, 0.6) is 0 Å². The lowest BCUT2D eigenvalue weighted by Crippen LogP contribution is -2.52. The maximum atomic E-state index is 12.9. The van der Waals surface area contributed by atoms with Crippen molar-refractivity contribution in [1.29, 1.82) is 0 Å². The molecule has 0 aliphatic rings. The summed E-state index contributed by atoms with van der Waals surface area (Å²) in [6, 6.07) is 6.50. The average Bonchev–Trinajstić information content (AvgIpc) is 3.41. The van der Waals surface area contributed by atoms with E-state index in [1.54, 1.807) is 37.4 Å². The molecule has 0 radical (unpaired) electrons. The number of aliphatic carboxylic acids is 1.